The van der Waals surface area contributed by atoms with Crippen LogP contribution in [0.5, 0.6) is 5.75 Å². The van der Waals surface area contributed by atoms with Crippen molar-refractivity contribution in [1.29, 1.82) is 0 Å². The lowest BCUT2D eigenvalue weighted by molar-refractivity contribution is 0.0697. The third kappa shape index (κ3) is 6.25. The number of rotatable bonds is 8. The standard InChI is InChI=1S/C20H17N5O9S2/c21-15-8-13(36(32,33)34)10-17(18(15)26)23-25-19(11-4-2-1-3-5-11)24-22-16-9-12(35(29,30)31)6-7-14(16)20(27)28/h1-10,19,26H,21H2,(H,27,28)(H,29,30,31)(H,32,33,34). The summed E-state index contributed by atoms with van der Waals surface area (Å²) in [5.74, 6) is -2.09. The maximum atomic E-state index is 11.5. The van der Waals surface area contributed by atoms with Crippen molar-refractivity contribution in [1.82, 2.24) is 0 Å². The number of phenols is 1. The van der Waals surface area contributed by atoms with Gasteiger partial charge in [-0.2, -0.15) is 32.2 Å². The fourth-order valence-corrected chi connectivity index (χ4v) is 3.83. The Kier molecular flexibility index (Phi) is 7.44. The van der Waals surface area contributed by atoms with Gasteiger partial charge in [-0.25, -0.2) is 4.79 Å². The summed E-state index contributed by atoms with van der Waals surface area (Å²) in [4.78, 5) is 10.2. The third-order valence-corrected chi connectivity index (χ3v) is 6.22. The smallest absolute Gasteiger partial charge is 0.337 e. The van der Waals surface area contributed by atoms with E-state index in [1.807, 2.05) is 0 Å². The summed E-state index contributed by atoms with van der Waals surface area (Å²) in [6.07, 6.45) is -1.29. The number of aromatic hydroxyl groups is 1. The van der Waals surface area contributed by atoms with Crippen LogP contribution in [0.1, 0.15) is 22.1 Å². The fraction of sp³-hybridized carbons (Fsp3) is 0.0500. The van der Waals surface area contributed by atoms with E-state index in [4.69, 9.17) is 5.73 Å². The van der Waals surface area contributed by atoms with Crippen LogP contribution in [0, 0.1) is 0 Å². The average Bonchev–Trinajstić information content (AvgIpc) is 2.80. The van der Waals surface area contributed by atoms with E-state index in [0.29, 0.717) is 5.56 Å². The van der Waals surface area contributed by atoms with E-state index in [1.54, 1.807) is 30.3 Å². The molecule has 1 atom stereocenters. The van der Waals surface area contributed by atoms with Crippen LogP contribution in [-0.4, -0.2) is 42.1 Å². The van der Waals surface area contributed by atoms with Crippen LogP contribution in [0.2, 0.25) is 0 Å². The van der Waals surface area contributed by atoms with Crippen LogP contribution in [0.15, 0.2) is 90.9 Å². The first-order chi connectivity index (χ1) is 16.8. The molecule has 1 unspecified atom stereocenters. The van der Waals surface area contributed by atoms with Gasteiger partial charge < -0.3 is 15.9 Å². The van der Waals surface area contributed by atoms with E-state index in [9.17, 15) is 40.9 Å². The van der Waals surface area contributed by atoms with Crippen molar-refractivity contribution < 1.29 is 40.9 Å². The van der Waals surface area contributed by atoms with Crippen molar-refractivity contribution in [3.63, 3.8) is 0 Å². The highest BCUT2D eigenvalue weighted by Crippen LogP contribution is 2.37. The first kappa shape index (κ1) is 26.4. The van der Waals surface area contributed by atoms with Crippen molar-refractivity contribution >= 4 is 43.3 Å². The van der Waals surface area contributed by atoms with Crippen molar-refractivity contribution in [3.8, 4) is 5.75 Å². The summed E-state index contributed by atoms with van der Waals surface area (Å²) in [6.45, 7) is 0. The number of aromatic carboxylic acids is 1. The SMILES string of the molecule is Nc1cc(S(=O)(=O)O)cc(N=NC(N=Nc2cc(S(=O)(=O)O)ccc2C(=O)O)c2ccccc2)c1O. The van der Waals surface area contributed by atoms with Crippen LogP contribution >= 0.6 is 0 Å². The molecule has 0 saturated carbocycles. The van der Waals surface area contributed by atoms with E-state index >= 15 is 0 Å². The highest BCUT2D eigenvalue weighted by atomic mass is 32.2. The number of hydrogen-bond acceptors (Lipinski definition) is 11. The monoisotopic (exact) mass is 535 g/mol. The molecule has 0 spiro atoms. The van der Waals surface area contributed by atoms with Gasteiger partial charge >= 0.3 is 5.97 Å². The highest BCUT2D eigenvalue weighted by Gasteiger charge is 2.19. The molecular formula is C20H17N5O9S2. The number of carbonyl (C=O) groups is 1. The van der Waals surface area contributed by atoms with Crippen LogP contribution < -0.4 is 5.73 Å². The summed E-state index contributed by atoms with van der Waals surface area (Å²) in [6, 6.07) is 12.2. The Balaban J connectivity index is 2.11. The molecule has 6 N–H and O–H groups in total. The Hall–Kier alpha value is -4.25. The highest BCUT2D eigenvalue weighted by molar-refractivity contribution is 7.86. The van der Waals surface area contributed by atoms with Crippen molar-refractivity contribution in [2.75, 3.05) is 5.73 Å². The van der Waals surface area contributed by atoms with Gasteiger partial charge in [0.1, 0.15) is 11.4 Å². The third-order valence-electron chi connectivity index (χ3n) is 4.54. The second kappa shape index (κ2) is 10.2. The zero-order valence-corrected chi connectivity index (χ0v) is 19.5. The first-order valence-corrected chi connectivity index (χ1v) is 12.5. The molecule has 16 heteroatoms. The molecule has 0 radical (unpaired) electrons. The van der Waals surface area contributed by atoms with Gasteiger partial charge in [0.15, 0.2) is 5.75 Å². The predicted molar refractivity (Wildman–Crippen MR) is 124 cm³/mol. The van der Waals surface area contributed by atoms with Crippen molar-refractivity contribution in [2.45, 2.75) is 16.0 Å². The maximum absolute atomic E-state index is 11.5. The van der Waals surface area contributed by atoms with Gasteiger partial charge in [0.25, 0.3) is 20.2 Å². The van der Waals surface area contributed by atoms with Gasteiger partial charge in [0, 0.05) is 5.56 Å². The van der Waals surface area contributed by atoms with Gasteiger partial charge in [0.2, 0.25) is 6.17 Å². The number of phenolic OH excluding ortho intramolecular Hbond substituents is 1. The van der Waals surface area contributed by atoms with Crippen LogP contribution in [0.25, 0.3) is 0 Å². The number of anilines is 1. The van der Waals surface area contributed by atoms with E-state index in [2.05, 4.69) is 20.5 Å². The molecule has 0 saturated heterocycles. The summed E-state index contributed by atoms with van der Waals surface area (Å²) >= 11 is 0. The van der Waals surface area contributed by atoms with Gasteiger partial charge in [-0.1, -0.05) is 30.3 Å². The summed E-state index contributed by atoms with van der Waals surface area (Å²) in [7, 11) is -9.37. The zero-order valence-electron chi connectivity index (χ0n) is 17.9. The topological polar surface area (TPSA) is 242 Å². The van der Waals surface area contributed by atoms with E-state index < -0.39 is 70.5 Å². The number of nitrogen functional groups attached to an aromatic ring is 1. The molecule has 0 aliphatic heterocycles. The molecule has 36 heavy (non-hydrogen) atoms. The van der Waals surface area contributed by atoms with Gasteiger partial charge in [0.05, 0.1) is 21.0 Å². The molecule has 0 aliphatic rings. The zero-order chi connectivity index (χ0) is 26.7. The predicted octanol–water partition coefficient (Wildman–Crippen LogP) is 3.73. The summed E-state index contributed by atoms with van der Waals surface area (Å²) < 4.78 is 64.3. The molecule has 0 heterocycles. The normalized spacial score (nSPS) is 13.3. The Labute approximate surface area is 204 Å². The lowest BCUT2D eigenvalue weighted by Gasteiger charge is -2.08. The Bertz CT molecular complexity index is 1590. The minimum atomic E-state index is -4.69. The first-order valence-electron chi connectivity index (χ1n) is 9.59. The van der Waals surface area contributed by atoms with E-state index in [-0.39, 0.29) is 0 Å². The molecule has 188 valence electrons. The van der Waals surface area contributed by atoms with Gasteiger partial charge in [-0.05, 0) is 30.3 Å². The lowest BCUT2D eigenvalue weighted by Crippen LogP contribution is -2.01. The Morgan fingerprint density at radius 1 is 0.806 bits per heavy atom. The van der Waals surface area contributed by atoms with Crippen LogP contribution in [-0.2, 0) is 20.2 Å². The van der Waals surface area contributed by atoms with E-state index in [0.717, 1.165) is 30.3 Å². The number of nitrogens with zero attached hydrogens (tertiary/aromatic N) is 4. The second-order valence-corrected chi connectivity index (χ2v) is 9.87. The lowest BCUT2D eigenvalue weighted by atomic mass is 10.2. The Morgan fingerprint density at radius 3 is 1.92 bits per heavy atom. The average molecular weight is 536 g/mol. The number of carboxylic acid groups (broad SMARTS) is 1. The van der Waals surface area contributed by atoms with Gasteiger partial charge in [-0.3, -0.25) is 9.11 Å². The van der Waals surface area contributed by atoms with E-state index in [1.165, 1.54) is 0 Å². The van der Waals surface area contributed by atoms with Crippen LogP contribution in [0.3, 0.4) is 0 Å². The fourth-order valence-electron chi connectivity index (χ4n) is 2.79. The number of hydrogen-bond donors (Lipinski definition) is 5. The second-order valence-electron chi connectivity index (χ2n) is 7.03. The molecule has 14 nitrogen and oxygen atoms in total. The molecular weight excluding hydrogens is 518 g/mol. The number of nitrogens with two attached hydrogens (primary N) is 1. The summed E-state index contributed by atoms with van der Waals surface area (Å²) in [5.41, 5.74) is 4.24. The number of benzene rings is 3. The molecule has 0 aromatic heterocycles. The summed E-state index contributed by atoms with van der Waals surface area (Å²) in [5, 5.41) is 34.9. The van der Waals surface area contributed by atoms with Crippen LogP contribution in [0.4, 0.5) is 17.1 Å². The quantitative estimate of drug-likeness (QED) is 0.121. The molecule has 0 aliphatic carbocycles. The van der Waals surface area contributed by atoms with Crippen molar-refractivity contribution in [2.24, 2.45) is 20.5 Å². The largest absolute Gasteiger partial charge is 0.504 e. The number of azo groups is 2. The minimum absolute atomic E-state index is 0.367. The maximum Gasteiger partial charge on any atom is 0.337 e. The molecule has 0 amide bonds. The van der Waals surface area contributed by atoms with Gasteiger partial charge in [-0.15, -0.1) is 5.11 Å². The minimum Gasteiger partial charge on any atom is -0.504 e. The molecule has 3 rings (SSSR count). The molecule has 0 fully saturated rings. The van der Waals surface area contributed by atoms with Crippen molar-refractivity contribution in [3.05, 3.63) is 71.8 Å². The number of carboxylic acids is 1. The Morgan fingerprint density at radius 2 is 1.36 bits per heavy atom. The molecule has 0 bridgehead atoms. The molecule has 3 aromatic carbocycles. The molecule has 3 aromatic rings.